The maximum absolute atomic E-state index is 13.6. The monoisotopic (exact) mass is 282 g/mol. The quantitative estimate of drug-likeness (QED) is 0.778. The lowest BCUT2D eigenvalue weighted by atomic mass is 10.1. The van der Waals surface area contributed by atoms with E-state index in [9.17, 15) is 12.8 Å². The van der Waals surface area contributed by atoms with E-state index in [0.717, 1.165) is 0 Å². The molecule has 0 heterocycles. The molecule has 7 heteroatoms. The third-order valence-corrected chi connectivity index (χ3v) is 3.18. The average Bonchev–Trinajstić information content (AvgIpc) is 2.25. The maximum Gasteiger partial charge on any atom is 0.235 e. The minimum Gasteiger partial charge on any atom is -0.493 e. The van der Waals surface area contributed by atoms with Crippen molar-refractivity contribution < 1.29 is 22.3 Å². The molecule has 96 valence electrons. The molecule has 0 N–H and O–H groups in total. The molecule has 1 atom stereocenters. The van der Waals surface area contributed by atoms with Gasteiger partial charge in [-0.15, -0.1) is 0 Å². The topological polar surface area (TPSA) is 52.6 Å². The fourth-order valence-electron chi connectivity index (χ4n) is 1.32. The van der Waals surface area contributed by atoms with Crippen molar-refractivity contribution >= 4 is 19.7 Å². The first-order chi connectivity index (χ1) is 7.87. The van der Waals surface area contributed by atoms with E-state index in [1.807, 2.05) is 0 Å². The average molecular weight is 283 g/mol. The van der Waals surface area contributed by atoms with Gasteiger partial charge in [0.05, 0.1) is 14.2 Å². The van der Waals surface area contributed by atoms with Crippen LogP contribution in [0.5, 0.6) is 11.5 Å². The number of alkyl halides is 1. The number of hydrogen-bond donors (Lipinski definition) is 0. The van der Waals surface area contributed by atoms with Crippen molar-refractivity contribution in [2.75, 3.05) is 20.0 Å². The van der Waals surface area contributed by atoms with Gasteiger partial charge in [0.2, 0.25) is 9.05 Å². The normalized spacial score (nSPS) is 13.2. The summed E-state index contributed by atoms with van der Waals surface area (Å²) in [5.41, 5.74) is 0.173. The minimum absolute atomic E-state index is 0.173. The Hall–Kier alpha value is -1.01. The van der Waals surface area contributed by atoms with Gasteiger partial charge in [-0.2, -0.15) is 0 Å². The number of halogens is 2. The molecule has 0 aromatic heterocycles. The summed E-state index contributed by atoms with van der Waals surface area (Å²) in [4.78, 5) is 0. The Balaban J connectivity index is 2.99. The van der Waals surface area contributed by atoms with E-state index in [1.165, 1.54) is 32.4 Å². The predicted octanol–water partition coefficient (Wildman–Crippen LogP) is 2.28. The Morgan fingerprint density at radius 3 is 2.35 bits per heavy atom. The molecule has 0 aliphatic heterocycles. The van der Waals surface area contributed by atoms with Crippen molar-refractivity contribution in [1.29, 1.82) is 0 Å². The predicted molar refractivity (Wildman–Crippen MR) is 63.0 cm³/mol. The van der Waals surface area contributed by atoms with Crippen LogP contribution in [-0.2, 0) is 9.05 Å². The molecule has 0 saturated carbocycles. The third kappa shape index (κ3) is 4.05. The zero-order valence-corrected chi connectivity index (χ0v) is 10.9. The molecule has 0 radical (unpaired) electrons. The highest BCUT2D eigenvalue weighted by Gasteiger charge is 2.19. The SMILES string of the molecule is COc1ccc(C(F)CS(=O)(=O)Cl)cc1OC. The van der Waals surface area contributed by atoms with E-state index in [4.69, 9.17) is 20.2 Å². The molecule has 0 amide bonds. The molecule has 0 saturated heterocycles. The van der Waals surface area contributed by atoms with E-state index in [1.54, 1.807) is 0 Å². The van der Waals surface area contributed by atoms with Gasteiger partial charge < -0.3 is 9.47 Å². The lowest BCUT2D eigenvalue weighted by Gasteiger charge is -2.11. The summed E-state index contributed by atoms with van der Waals surface area (Å²) < 4.78 is 45.1. The fourth-order valence-corrected chi connectivity index (χ4v) is 2.19. The van der Waals surface area contributed by atoms with Crippen molar-refractivity contribution in [2.45, 2.75) is 6.17 Å². The first-order valence-electron chi connectivity index (χ1n) is 4.65. The second-order valence-electron chi connectivity index (χ2n) is 3.29. The zero-order chi connectivity index (χ0) is 13.1. The molecule has 1 aromatic rings. The van der Waals surface area contributed by atoms with Gasteiger partial charge in [-0.1, -0.05) is 6.07 Å². The number of benzene rings is 1. The summed E-state index contributed by atoms with van der Waals surface area (Å²) in [6.07, 6.45) is -1.70. The van der Waals surface area contributed by atoms with Crippen LogP contribution < -0.4 is 9.47 Å². The molecular weight excluding hydrogens is 271 g/mol. The zero-order valence-electron chi connectivity index (χ0n) is 9.31. The second-order valence-corrected chi connectivity index (χ2v) is 6.11. The summed E-state index contributed by atoms with van der Waals surface area (Å²) in [6.45, 7) is 0. The number of ether oxygens (including phenoxy) is 2. The van der Waals surface area contributed by atoms with Gasteiger partial charge in [-0.05, 0) is 17.7 Å². The molecule has 17 heavy (non-hydrogen) atoms. The molecule has 0 aliphatic carbocycles. The van der Waals surface area contributed by atoms with Crippen LogP contribution in [0, 0.1) is 0 Å². The smallest absolute Gasteiger partial charge is 0.235 e. The lowest BCUT2D eigenvalue weighted by molar-refractivity contribution is 0.347. The molecule has 0 aliphatic rings. The molecule has 0 bridgehead atoms. The highest BCUT2D eigenvalue weighted by atomic mass is 35.7. The summed E-state index contributed by atoms with van der Waals surface area (Å²) in [7, 11) is 3.97. The summed E-state index contributed by atoms with van der Waals surface area (Å²) in [6, 6.07) is 4.31. The minimum atomic E-state index is -3.88. The summed E-state index contributed by atoms with van der Waals surface area (Å²) in [5, 5.41) is 0. The lowest BCUT2D eigenvalue weighted by Crippen LogP contribution is -2.06. The van der Waals surface area contributed by atoms with Crippen molar-refractivity contribution in [3.63, 3.8) is 0 Å². The summed E-state index contributed by atoms with van der Waals surface area (Å²) in [5.74, 6) is 0.00104. The molecule has 1 unspecified atom stereocenters. The Morgan fingerprint density at radius 2 is 1.88 bits per heavy atom. The van der Waals surface area contributed by atoms with Gasteiger partial charge in [0.1, 0.15) is 11.9 Å². The van der Waals surface area contributed by atoms with E-state index in [-0.39, 0.29) is 5.56 Å². The Kier molecular flexibility index (Phi) is 4.59. The third-order valence-electron chi connectivity index (χ3n) is 2.11. The van der Waals surface area contributed by atoms with Gasteiger partial charge in [0, 0.05) is 10.7 Å². The van der Waals surface area contributed by atoms with Gasteiger partial charge >= 0.3 is 0 Å². The molecule has 1 rings (SSSR count). The standard InChI is InChI=1S/C10H12ClFO4S/c1-15-9-4-3-7(5-10(9)16-2)8(12)6-17(11,13)14/h3-5,8H,6H2,1-2H3. The second kappa shape index (κ2) is 5.55. The van der Waals surface area contributed by atoms with Crippen LogP contribution in [0.15, 0.2) is 18.2 Å². The molecule has 0 fully saturated rings. The van der Waals surface area contributed by atoms with Crippen LogP contribution in [-0.4, -0.2) is 28.4 Å². The van der Waals surface area contributed by atoms with Crippen molar-refractivity contribution in [1.82, 2.24) is 0 Å². The van der Waals surface area contributed by atoms with E-state index in [2.05, 4.69) is 0 Å². The van der Waals surface area contributed by atoms with Crippen molar-refractivity contribution in [3.8, 4) is 11.5 Å². The largest absolute Gasteiger partial charge is 0.493 e. The fraction of sp³-hybridized carbons (Fsp3) is 0.400. The van der Waals surface area contributed by atoms with E-state index >= 15 is 0 Å². The summed E-state index contributed by atoms with van der Waals surface area (Å²) >= 11 is 0. The van der Waals surface area contributed by atoms with Crippen LogP contribution in [0.25, 0.3) is 0 Å². The van der Waals surface area contributed by atoms with Gasteiger partial charge in [-0.3, -0.25) is 0 Å². The van der Waals surface area contributed by atoms with Crippen molar-refractivity contribution in [2.24, 2.45) is 0 Å². The molecule has 0 spiro atoms. The number of hydrogen-bond acceptors (Lipinski definition) is 4. The van der Waals surface area contributed by atoms with Crippen LogP contribution in [0.1, 0.15) is 11.7 Å². The maximum atomic E-state index is 13.6. The molecule has 1 aromatic carbocycles. The van der Waals surface area contributed by atoms with Crippen LogP contribution >= 0.6 is 10.7 Å². The van der Waals surface area contributed by atoms with Crippen molar-refractivity contribution in [3.05, 3.63) is 23.8 Å². The Labute approximate surface area is 104 Å². The van der Waals surface area contributed by atoms with Crippen LogP contribution in [0.4, 0.5) is 4.39 Å². The highest BCUT2D eigenvalue weighted by Crippen LogP contribution is 2.31. The Morgan fingerprint density at radius 1 is 1.29 bits per heavy atom. The molecule has 4 nitrogen and oxygen atoms in total. The van der Waals surface area contributed by atoms with Gasteiger partial charge in [0.25, 0.3) is 0 Å². The van der Waals surface area contributed by atoms with Crippen LogP contribution in [0.3, 0.4) is 0 Å². The first kappa shape index (κ1) is 14.1. The van der Waals surface area contributed by atoms with Gasteiger partial charge in [-0.25, -0.2) is 12.8 Å². The number of rotatable bonds is 5. The van der Waals surface area contributed by atoms with Crippen LogP contribution in [0.2, 0.25) is 0 Å². The van der Waals surface area contributed by atoms with E-state index in [0.29, 0.717) is 11.5 Å². The number of methoxy groups -OCH3 is 2. The Bertz CT molecular complexity index is 489. The van der Waals surface area contributed by atoms with E-state index < -0.39 is 21.0 Å². The molecular formula is C10H12ClFO4S. The van der Waals surface area contributed by atoms with Gasteiger partial charge in [0.15, 0.2) is 11.5 Å². The first-order valence-corrected chi connectivity index (χ1v) is 7.13. The highest BCUT2D eigenvalue weighted by molar-refractivity contribution is 8.13.